The van der Waals surface area contributed by atoms with Crippen LogP contribution in [-0.4, -0.2) is 24.3 Å². The highest BCUT2D eigenvalue weighted by atomic mass is 35.5. The first-order valence-electron chi connectivity index (χ1n) is 7.75. The Balaban J connectivity index is 1.85. The largest absolute Gasteiger partial charge is 0.493 e. The van der Waals surface area contributed by atoms with Crippen molar-refractivity contribution in [2.45, 2.75) is 27.2 Å². The second-order valence-corrected chi connectivity index (χ2v) is 6.10. The number of ether oxygens (including phenoxy) is 2. The minimum atomic E-state index is -0.989. The van der Waals surface area contributed by atoms with Crippen LogP contribution in [0.15, 0.2) is 30.3 Å². The van der Waals surface area contributed by atoms with Gasteiger partial charge in [0.2, 0.25) is 0 Å². The first-order valence-corrected chi connectivity index (χ1v) is 8.12. The van der Waals surface area contributed by atoms with Gasteiger partial charge >= 0.3 is 5.97 Å². The molecule has 24 heavy (non-hydrogen) atoms. The van der Waals surface area contributed by atoms with Crippen LogP contribution in [0.1, 0.15) is 33.5 Å². The summed E-state index contributed by atoms with van der Waals surface area (Å²) in [5.41, 5.74) is 3.03. The summed E-state index contributed by atoms with van der Waals surface area (Å²) in [6.07, 6.45) is 0.646. The first kappa shape index (κ1) is 18.1. The summed E-state index contributed by atoms with van der Waals surface area (Å²) >= 11 is 6.13. The molecule has 0 saturated carbocycles. The Bertz CT molecular complexity index is 717. The highest BCUT2D eigenvalue weighted by molar-refractivity contribution is 6.32. The minimum Gasteiger partial charge on any atom is -0.493 e. The normalized spacial score (nSPS) is 10.5. The number of rotatable bonds is 7. The zero-order chi connectivity index (χ0) is 17.7. The summed E-state index contributed by atoms with van der Waals surface area (Å²) < 4.78 is 11.3. The minimum absolute atomic E-state index is 0.180. The van der Waals surface area contributed by atoms with Gasteiger partial charge in [0.15, 0.2) is 0 Å². The van der Waals surface area contributed by atoms with Crippen molar-refractivity contribution in [3.8, 4) is 11.5 Å². The average Bonchev–Trinajstić information content (AvgIpc) is 2.53. The van der Waals surface area contributed by atoms with E-state index in [2.05, 4.69) is 0 Å². The number of carboxylic acid groups (broad SMARTS) is 1. The number of hydrogen-bond donors (Lipinski definition) is 1. The van der Waals surface area contributed by atoms with Gasteiger partial charge in [0, 0.05) is 11.4 Å². The lowest BCUT2D eigenvalue weighted by molar-refractivity contribution is 0.0692. The van der Waals surface area contributed by atoms with Crippen LogP contribution in [-0.2, 0) is 0 Å². The van der Waals surface area contributed by atoms with E-state index in [1.54, 1.807) is 12.1 Å². The van der Waals surface area contributed by atoms with Crippen LogP contribution in [0, 0.1) is 20.8 Å². The van der Waals surface area contributed by atoms with Crippen molar-refractivity contribution in [1.82, 2.24) is 0 Å². The van der Waals surface area contributed by atoms with Gasteiger partial charge in [0.1, 0.15) is 17.1 Å². The van der Waals surface area contributed by atoms with Crippen LogP contribution in [0.3, 0.4) is 0 Å². The highest BCUT2D eigenvalue weighted by Gasteiger charge is 2.11. The van der Waals surface area contributed by atoms with Crippen molar-refractivity contribution in [3.05, 3.63) is 57.6 Å². The van der Waals surface area contributed by atoms with E-state index < -0.39 is 5.97 Å². The monoisotopic (exact) mass is 348 g/mol. The maximum absolute atomic E-state index is 11.2. The topological polar surface area (TPSA) is 55.8 Å². The van der Waals surface area contributed by atoms with Crippen LogP contribution in [0.4, 0.5) is 0 Å². The zero-order valence-electron chi connectivity index (χ0n) is 14.1. The first-order chi connectivity index (χ1) is 11.4. The van der Waals surface area contributed by atoms with E-state index in [9.17, 15) is 9.90 Å². The van der Waals surface area contributed by atoms with Crippen LogP contribution < -0.4 is 9.47 Å². The summed E-state index contributed by atoms with van der Waals surface area (Å²) in [5, 5.41) is 9.96. The fourth-order valence-corrected chi connectivity index (χ4v) is 2.47. The van der Waals surface area contributed by atoms with Gasteiger partial charge < -0.3 is 14.6 Å². The molecule has 2 rings (SSSR count). The highest BCUT2D eigenvalue weighted by Crippen LogP contribution is 2.26. The second-order valence-electron chi connectivity index (χ2n) is 5.73. The predicted molar refractivity (Wildman–Crippen MR) is 94.7 cm³/mol. The number of aromatic carboxylic acids is 1. The van der Waals surface area contributed by atoms with E-state index >= 15 is 0 Å². The van der Waals surface area contributed by atoms with Crippen molar-refractivity contribution in [2.75, 3.05) is 13.2 Å². The lowest BCUT2D eigenvalue weighted by atomic mass is 10.1. The lowest BCUT2D eigenvalue weighted by Gasteiger charge is -2.12. The molecule has 0 saturated heterocycles. The predicted octanol–water partition coefficient (Wildman–Crippen LogP) is 4.81. The van der Waals surface area contributed by atoms with E-state index in [-0.39, 0.29) is 5.56 Å². The lowest BCUT2D eigenvalue weighted by Crippen LogP contribution is -2.08. The van der Waals surface area contributed by atoms with Gasteiger partial charge in [-0.3, -0.25) is 0 Å². The van der Waals surface area contributed by atoms with E-state index in [4.69, 9.17) is 21.1 Å². The molecule has 5 heteroatoms. The van der Waals surface area contributed by atoms with Crippen molar-refractivity contribution in [2.24, 2.45) is 0 Å². The SMILES string of the molecule is Cc1ccc(OCCCOc2cc(C)c(Cl)c(C)c2)c(C(=O)O)c1. The van der Waals surface area contributed by atoms with E-state index in [1.807, 2.05) is 39.0 Å². The number of aryl methyl sites for hydroxylation is 3. The number of carboxylic acids is 1. The summed E-state index contributed by atoms with van der Waals surface area (Å²) in [6, 6.07) is 8.92. The molecule has 0 unspecified atom stereocenters. The maximum atomic E-state index is 11.2. The van der Waals surface area contributed by atoms with Gasteiger partial charge in [0.25, 0.3) is 0 Å². The molecule has 0 radical (unpaired) electrons. The molecule has 0 aromatic heterocycles. The molecule has 0 spiro atoms. The molecule has 0 aliphatic carbocycles. The fraction of sp³-hybridized carbons (Fsp3) is 0.316. The van der Waals surface area contributed by atoms with Crippen LogP contribution in [0.2, 0.25) is 5.02 Å². The summed E-state index contributed by atoms with van der Waals surface area (Å²) in [7, 11) is 0. The molecule has 0 heterocycles. The number of carbonyl (C=O) groups is 1. The van der Waals surface area contributed by atoms with E-state index in [1.165, 1.54) is 0 Å². The molecule has 0 aliphatic rings. The Morgan fingerprint density at radius 2 is 1.67 bits per heavy atom. The van der Waals surface area contributed by atoms with Gasteiger partial charge in [-0.15, -0.1) is 0 Å². The van der Waals surface area contributed by atoms with E-state index in [0.29, 0.717) is 25.4 Å². The Morgan fingerprint density at radius 3 is 2.29 bits per heavy atom. The van der Waals surface area contributed by atoms with Crippen LogP contribution in [0.5, 0.6) is 11.5 Å². The standard InChI is InChI=1S/C19H21ClO4/c1-12-5-6-17(16(9-12)19(21)22)24-8-4-7-23-15-10-13(2)18(20)14(3)11-15/h5-6,9-11H,4,7-8H2,1-3H3,(H,21,22). The molecule has 2 aromatic carbocycles. The number of hydrogen-bond acceptors (Lipinski definition) is 3. The fourth-order valence-electron chi connectivity index (χ4n) is 2.36. The Kier molecular flexibility index (Phi) is 6.10. The van der Waals surface area contributed by atoms with Gasteiger partial charge in [-0.2, -0.15) is 0 Å². The molecule has 2 aromatic rings. The molecule has 1 N–H and O–H groups in total. The van der Waals surface area contributed by atoms with Gasteiger partial charge in [-0.1, -0.05) is 23.2 Å². The number of halogens is 1. The third-order valence-corrected chi connectivity index (χ3v) is 4.19. The van der Waals surface area contributed by atoms with Crippen molar-refractivity contribution in [1.29, 1.82) is 0 Å². The van der Waals surface area contributed by atoms with Crippen LogP contribution in [0.25, 0.3) is 0 Å². The molecule has 4 nitrogen and oxygen atoms in total. The molecule has 0 atom stereocenters. The Morgan fingerprint density at radius 1 is 1.04 bits per heavy atom. The summed E-state index contributed by atoms with van der Waals surface area (Å²) in [5.74, 6) is 0.166. The smallest absolute Gasteiger partial charge is 0.339 e. The van der Waals surface area contributed by atoms with Crippen LogP contribution >= 0.6 is 11.6 Å². The molecular weight excluding hydrogens is 328 g/mol. The third kappa shape index (κ3) is 4.65. The molecular formula is C19H21ClO4. The Labute approximate surface area is 147 Å². The molecule has 128 valence electrons. The zero-order valence-corrected chi connectivity index (χ0v) is 14.8. The van der Waals surface area contributed by atoms with Crippen molar-refractivity contribution in [3.63, 3.8) is 0 Å². The van der Waals surface area contributed by atoms with Crippen molar-refractivity contribution < 1.29 is 19.4 Å². The molecule has 0 bridgehead atoms. The third-order valence-electron chi connectivity index (χ3n) is 3.59. The van der Waals surface area contributed by atoms with Gasteiger partial charge in [0.05, 0.1) is 13.2 Å². The Hall–Kier alpha value is -2.20. The van der Waals surface area contributed by atoms with Gasteiger partial charge in [-0.25, -0.2) is 4.79 Å². The number of benzene rings is 2. The van der Waals surface area contributed by atoms with E-state index in [0.717, 1.165) is 27.5 Å². The van der Waals surface area contributed by atoms with Crippen molar-refractivity contribution >= 4 is 17.6 Å². The average molecular weight is 349 g/mol. The quantitative estimate of drug-likeness (QED) is 0.729. The maximum Gasteiger partial charge on any atom is 0.339 e. The van der Waals surface area contributed by atoms with Gasteiger partial charge in [-0.05, 0) is 56.2 Å². The molecule has 0 fully saturated rings. The molecule has 0 amide bonds. The summed E-state index contributed by atoms with van der Waals surface area (Å²) in [6.45, 7) is 6.59. The summed E-state index contributed by atoms with van der Waals surface area (Å²) in [4.78, 5) is 11.2. The molecule has 0 aliphatic heterocycles. The second kappa shape index (κ2) is 8.06.